The van der Waals surface area contributed by atoms with Crippen molar-refractivity contribution in [2.75, 3.05) is 26.8 Å². The largest absolute Gasteiger partial charge is 0.383 e. The fourth-order valence-electron chi connectivity index (χ4n) is 1.31. The van der Waals surface area contributed by atoms with Crippen LogP contribution in [0.15, 0.2) is 35.9 Å². The normalized spacial score (nSPS) is 11.7. The average Bonchev–Trinajstić information content (AvgIpc) is 2.35. The van der Waals surface area contributed by atoms with Gasteiger partial charge in [-0.05, 0) is 12.1 Å². The molecule has 0 aliphatic heterocycles. The number of rotatable bonds is 7. The van der Waals surface area contributed by atoms with Gasteiger partial charge < -0.3 is 4.74 Å². The second-order valence-electron chi connectivity index (χ2n) is 3.46. The Kier molecular flexibility index (Phi) is 5.74. The van der Waals surface area contributed by atoms with Crippen LogP contribution in [0.4, 0.5) is 0 Å². The maximum atomic E-state index is 12.3. The van der Waals surface area contributed by atoms with Gasteiger partial charge in [0.05, 0.1) is 6.61 Å². The maximum absolute atomic E-state index is 12.3. The van der Waals surface area contributed by atoms with Gasteiger partial charge in [0.25, 0.3) is 0 Å². The SMILES string of the molecule is C=CCN(CCOC)S(=O)(=O)c1ccc(Cl)nc1. The molecule has 18 heavy (non-hydrogen) atoms. The van der Waals surface area contributed by atoms with Gasteiger partial charge in [-0.1, -0.05) is 17.7 Å². The summed E-state index contributed by atoms with van der Waals surface area (Å²) in [4.78, 5) is 3.87. The van der Waals surface area contributed by atoms with Gasteiger partial charge in [0.1, 0.15) is 10.0 Å². The topological polar surface area (TPSA) is 59.5 Å². The van der Waals surface area contributed by atoms with Crippen LogP contribution >= 0.6 is 11.6 Å². The van der Waals surface area contributed by atoms with E-state index in [1.54, 1.807) is 0 Å². The molecule has 0 amide bonds. The van der Waals surface area contributed by atoms with Gasteiger partial charge >= 0.3 is 0 Å². The highest BCUT2D eigenvalue weighted by molar-refractivity contribution is 7.89. The van der Waals surface area contributed by atoms with E-state index in [0.29, 0.717) is 6.61 Å². The van der Waals surface area contributed by atoms with Crippen molar-refractivity contribution in [2.45, 2.75) is 4.90 Å². The predicted molar refractivity (Wildman–Crippen MR) is 70.1 cm³/mol. The minimum atomic E-state index is -3.59. The number of ether oxygens (including phenoxy) is 1. The molecule has 0 saturated carbocycles. The van der Waals surface area contributed by atoms with Crippen molar-refractivity contribution in [3.8, 4) is 0 Å². The van der Waals surface area contributed by atoms with Crippen LogP contribution in [0.25, 0.3) is 0 Å². The molecular weight excluding hydrogens is 276 g/mol. The fourth-order valence-corrected chi connectivity index (χ4v) is 2.76. The van der Waals surface area contributed by atoms with Crippen LogP contribution in [0.2, 0.25) is 5.15 Å². The summed E-state index contributed by atoms with van der Waals surface area (Å²) in [6.45, 7) is 4.33. The quantitative estimate of drug-likeness (QED) is 0.565. The maximum Gasteiger partial charge on any atom is 0.244 e. The van der Waals surface area contributed by atoms with Gasteiger partial charge in [-0.25, -0.2) is 13.4 Å². The van der Waals surface area contributed by atoms with Gasteiger partial charge in [-0.2, -0.15) is 4.31 Å². The third-order valence-electron chi connectivity index (χ3n) is 2.22. The highest BCUT2D eigenvalue weighted by Crippen LogP contribution is 2.16. The molecule has 0 aliphatic rings. The van der Waals surface area contributed by atoms with Crippen LogP contribution in [0.5, 0.6) is 0 Å². The summed E-state index contributed by atoms with van der Waals surface area (Å²) in [5.74, 6) is 0. The number of hydrogen-bond acceptors (Lipinski definition) is 4. The molecule has 1 aromatic rings. The van der Waals surface area contributed by atoms with Crippen LogP contribution in [0.3, 0.4) is 0 Å². The predicted octanol–water partition coefficient (Wildman–Crippen LogP) is 1.56. The monoisotopic (exact) mass is 290 g/mol. The molecule has 100 valence electrons. The Labute approximate surface area is 112 Å². The van der Waals surface area contributed by atoms with Crippen molar-refractivity contribution in [1.82, 2.24) is 9.29 Å². The Morgan fingerprint density at radius 3 is 2.78 bits per heavy atom. The van der Waals surface area contributed by atoms with E-state index < -0.39 is 10.0 Å². The first-order valence-electron chi connectivity index (χ1n) is 5.24. The van der Waals surface area contributed by atoms with Gasteiger partial charge in [-0.3, -0.25) is 0 Å². The van der Waals surface area contributed by atoms with E-state index in [2.05, 4.69) is 11.6 Å². The Morgan fingerprint density at radius 2 is 2.28 bits per heavy atom. The van der Waals surface area contributed by atoms with Gasteiger partial charge in [0.15, 0.2) is 0 Å². The van der Waals surface area contributed by atoms with Crippen LogP contribution in [-0.2, 0) is 14.8 Å². The van der Waals surface area contributed by atoms with E-state index >= 15 is 0 Å². The number of hydrogen-bond donors (Lipinski definition) is 0. The second kappa shape index (κ2) is 6.84. The lowest BCUT2D eigenvalue weighted by Crippen LogP contribution is -2.34. The first kappa shape index (κ1) is 15.1. The highest BCUT2D eigenvalue weighted by Gasteiger charge is 2.23. The Bertz CT molecular complexity index is 488. The molecular formula is C11H15ClN2O3S. The number of nitrogens with zero attached hydrogens (tertiary/aromatic N) is 2. The van der Waals surface area contributed by atoms with Gasteiger partial charge in [-0.15, -0.1) is 6.58 Å². The van der Waals surface area contributed by atoms with Crippen molar-refractivity contribution < 1.29 is 13.2 Å². The van der Waals surface area contributed by atoms with Gasteiger partial charge in [0, 0.05) is 26.4 Å². The van der Waals surface area contributed by atoms with E-state index in [1.165, 1.54) is 35.8 Å². The third kappa shape index (κ3) is 3.78. The summed E-state index contributed by atoms with van der Waals surface area (Å²) >= 11 is 5.63. The number of pyridine rings is 1. The van der Waals surface area contributed by atoms with Crippen molar-refractivity contribution in [1.29, 1.82) is 0 Å². The van der Waals surface area contributed by atoms with E-state index in [0.717, 1.165) is 0 Å². The van der Waals surface area contributed by atoms with Crippen molar-refractivity contribution in [3.05, 3.63) is 36.1 Å². The van der Waals surface area contributed by atoms with Crippen LogP contribution in [0.1, 0.15) is 0 Å². The molecule has 5 nitrogen and oxygen atoms in total. The Morgan fingerprint density at radius 1 is 1.56 bits per heavy atom. The number of methoxy groups -OCH3 is 1. The molecule has 0 unspecified atom stereocenters. The fraction of sp³-hybridized carbons (Fsp3) is 0.364. The van der Waals surface area contributed by atoms with Gasteiger partial charge in [0.2, 0.25) is 10.0 Å². The molecule has 0 N–H and O–H groups in total. The molecule has 0 spiro atoms. The summed E-state index contributed by atoms with van der Waals surface area (Å²) in [5.41, 5.74) is 0. The smallest absolute Gasteiger partial charge is 0.244 e. The minimum Gasteiger partial charge on any atom is -0.383 e. The zero-order valence-electron chi connectivity index (χ0n) is 10.0. The third-order valence-corrected chi connectivity index (χ3v) is 4.29. The molecule has 0 radical (unpaired) electrons. The molecule has 0 fully saturated rings. The summed E-state index contributed by atoms with van der Waals surface area (Å²) in [7, 11) is -2.07. The lowest BCUT2D eigenvalue weighted by Gasteiger charge is -2.20. The highest BCUT2D eigenvalue weighted by atomic mass is 35.5. The summed E-state index contributed by atoms with van der Waals surface area (Å²) in [6.07, 6.45) is 2.76. The van der Waals surface area contributed by atoms with Crippen molar-refractivity contribution in [2.24, 2.45) is 0 Å². The van der Waals surface area contributed by atoms with E-state index in [1.807, 2.05) is 0 Å². The molecule has 0 aromatic carbocycles. The zero-order chi connectivity index (χ0) is 13.6. The molecule has 0 aliphatic carbocycles. The minimum absolute atomic E-state index is 0.102. The van der Waals surface area contributed by atoms with Crippen LogP contribution in [0, 0.1) is 0 Å². The Balaban J connectivity index is 3.00. The van der Waals surface area contributed by atoms with Crippen molar-refractivity contribution in [3.63, 3.8) is 0 Å². The molecule has 1 rings (SSSR count). The number of halogens is 1. The first-order chi connectivity index (χ1) is 8.52. The molecule has 0 saturated heterocycles. The Hall–Kier alpha value is -0.950. The van der Waals surface area contributed by atoms with Crippen molar-refractivity contribution >= 4 is 21.6 Å². The second-order valence-corrected chi connectivity index (χ2v) is 5.79. The summed E-state index contributed by atoms with van der Waals surface area (Å²) in [6, 6.07) is 2.87. The molecule has 1 heterocycles. The zero-order valence-corrected chi connectivity index (χ0v) is 11.6. The van der Waals surface area contributed by atoms with E-state index in [9.17, 15) is 8.42 Å². The van der Waals surface area contributed by atoms with E-state index in [4.69, 9.17) is 16.3 Å². The molecule has 0 bridgehead atoms. The van der Waals surface area contributed by atoms with Crippen LogP contribution in [-0.4, -0.2) is 44.5 Å². The molecule has 0 atom stereocenters. The average molecular weight is 291 g/mol. The number of sulfonamides is 1. The lowest BCUT2D eigenvalue weighted by atomic mass is 10.5. The summed E-state index contributed by atoms with van der Waals surface area (Å²) in [5, 5.41) is 0.251. The van der Waals surface area contributed by atoms with E-state index in [-0.39, 0.29) is 23.1 Å². The lowest BCUT2D eigenvalue weighted by molar-refractivity contribution is 0.182. The van der Waals surface area contributed by atoms with Crippen LogP contribution < -0.4 is 0 Å². The summed E-state index contributed by atoms with van der Waals surface area (Å²) < 4.78 is 30.7. The molecule has 7 heteroatoms. The molecule has 1 aromatic heterocycles. The number of aromatic nitrogens is 1. The first-order valence-corrected chi connectivity index (χ1v) is 7.05. The standard InChI is InChI=1S/C11H15ClN2O3S/c1-3-6-14(7-8-17-2)18(15,16)10-4-5-11(12)13-9-10/h3-5,9H,1,6-8H2,2H3.